The minimum absolute atomic E-state index is 0.101. The van der Waals surface area contributed by atoms with Crippen LogP contribution in [0.5, 0.6) is 0 Å². The molecule has 0 bridgehead atoms. The first-order chi connectivity index (χ1) is 8.02. The first-order valence-electron chi connectivity index (χ1n) is 5.00. The summed E-state index contributed by atoms with van der Waals surface area (Å²) in [4.78, 5) is 25.4. The third-order valence-electron chi connectivity index (χ3n) is 2.63. The maximum atomic E-state index is 11.8. The van der Waals surface area contributed by atoms with Gasteiger partial charge in [0, 0.05) is 14.1 Å². The number of hydrogen-bond donors (Lipinski definition) is 1. The fraction of sp³-hybridized carbons (Fsp3) is 0.273. The highest BCUT2D eigenvalue weighted by Crippen LogP contribution is 2.21. The Hall–Kier alpha value is -2.08. The van der Waals surface area contributed by atoms with Crippen molar-refractivity contribution in [1.82, 2.24) is 9.80 Å². The van der Waals surface area contributed by atoms with Crippen molar-refractivity contribution in [3.63, 3.8) is 0 Å². The molecule has 1 unspecified atom stereocenters. The van der Waals surface area contributed by atoms with Crippen molar-refractivity contribution >= 4 is 18.0 Å². The number of urea groups is 1. The maximum absolute atomic E-state index is 11.8. The van der Waals surface area contributed by atoms with Crippen LogP contribution in [-0.2, 0) is 4.79 Å². The summed E-state index contributed by atoms with van der Waals surface area (Å²) in [6.07, 6.45) is 1.63. The number of imide groups is 1. The van der Waals surface area contributed by atoms with Gasteiger partial charge in [0.25, 0.3) is 5.91 Å². The van der Waals surface area contributed by atoms with Crippen LogP contribution in [0.2, 0.25) is 0 Å². The van der Waals surface area contributed by atoms with Gasteiger partial charge in [0.15, 0.2) is 6.23 Å². The molecule has 0 aromatic carbocycles. The van der Waals surface area contributed by atoms with E-state index in [1.807, 2.05) is 0 Å². The number of aliphatic hydroxyl groups is 1. The van der Waals surface area contributed by atoms with E-state index in [1.54, 1.807) is 12.1 Å². The van der Waals surface area contributed by atoms with Crippen molar-refractivity contribution in [3.8, 4) is 0 Å². The van der Waals surface area contributed by atoms with Crippen LogP contribution in [0.1, 0.15) is 5.76 Å². The molecule has 0 aliphatic carbocycles. The van der Waals surface area contributed by atoms with Gasteiger partial charge in [0.1, 0.15) is 5.76 Å². The molecule has 1 aliphatic heterocycles. The smallest absolute Gasteiger partial charge is 0.328 e. The quantitative estimate of drug-likeness (QED) is 0.721. The summed E-state index contributed by atoms with van der Waals surface area (Å²) < 4.78 is 5.07. The monoisotopic (exact) mass is 236 g/mol. The van der Waals surface area contributed by atoms with Gasteiger partial charge in [-0.25, -0.2) is 4.79 Å². The lowest BCUT2D eigenvalue weighted by molar-refractivity contribution is -0.128. The lowest BCUT2D eigenvalue weighted by Gasteiger charge is -2.34. The number of carbonyl (C=O) groups excluding carboxylic acids is 2. The molecular weight excluding hydrogens is 224 g/mol. The Morgan fingerprint density at radius 1 is 1.41 bits per heavy atom. The van der Waals surface area contributed by atoms with Gasteiger partial charge >= 0.3 is 6.03 Å². The summed E-state index contributed by atoms with van der Waals surface area (Å²) in [7, 11) is 2.79. The van der Waals surface area contributed by atoms with Crippen LogP contribution in [0.25, 0.3) is 6.08 Å². The van der Waals surface area contributed by atoms with Crippen LogP contribution < -0.4 is 0 Å². The molecule has 0 saturated carbocycles. The standard InChI is InChI=1S/C11H12N2O4/c1-12-9(14)8(6-7-4-3-5-17-7)10(15)13(2)11(12)16/h3-6,9,14H,1-2H3/b8-6+. The number of nitrogens with zero attached hydrogens (tertiary/aromatic N) is 2. The average Bonchev–Trinajstić information content (AvgIpc) is 2.82. The summed E-state index contributed by atoms with van der Waals surface area (Å²) in [6.45, 7) is 0. The fourth-order valence-corrected chi connectivity index (χ4v) is 1.60. The average molecular weight is 236 g/mol. The molecule has 1 N–H and O–H groups in total. The Labute approximate surface area is 97.7 Å². The van der Waals surface area contributed by atoms with E-state index in [2.05, 4.69) is 0 Å². The number of likely N-dealkylation sites (N-methyl/N-ethyl adjacent to an activating group) is 2. The van der Waals surface area contributed by atoms with Crippen molar-refractivity contribution in [2.24, 2.45) is 0 Å². The van der Waals surface area contributed by atoms with E-state index >= 15 is 0 Å². The van der Waals surface area contributed by atoms with Crippen molar-refractivity contribution in [3.05, 3.63) is 29.7 Å². The fourth-order valence-electron chi connectivity index (χ4n) is 1.60. The number of rotatable bonds is 1. The van der Waals surface area contributed by atoms with Crippen LogP contribution in [0.15, 0.2) is 28.4 Å². The highest BCUT2D eigenvalue weighted by molar-refractivity contribution is 6.09. The maximum Gasteiger partial charge on any atom is 0.328 e. The highest BCUT2D eigenvalue weighted by Gasteiger charge is 2.37. The molecule has 2 heterocycles. The summed E-state index contributed by atoms with van der Waals surface area (Å²) in [5.74, 6) is -0.0828. The topological polar surface area (TPSA) is 74.0 Å². The third-order valence-corrected chi connectivity index (χ3v) is 2.63. The zero-order valence-corrected chi connectivity index (χ0v) is 9.45. The summed E-state index contributed by atoms with van der Waals surface area (Å²) in [5, 5.41) is 9.84. The van der Waals surface area contributed by atoms with E-state index in [0.717, 1.165) is 9.80 Å². The van der Waals surface area contributed by atoms with Gasteiger partial charge in [-0.1, -0.05) is 0 Å². The molecule has 1 fully saturated rings. The van der Waals surface area contributed by atoms with Gasteiger partial charge < -0.3 is 9.52 Å². The zero-order valence-electron chi connectivity index (χ0n) is 9.45. The lowest BCUT2D eigenvalue weighted by Crippen LogP contribution is -2.55. The van der Waals surface area contributed by atoms with Gasteiger partial charge in [0.2, 0.25) is 0 Å². The normalized spacial score (nSPS) is 23.7. The Morgan fingerprint density at radius 3 is 2.71 bits per heavy atom. The first kappa shape index (κ1) is 11.4. The van der Waals surface area contributed by atoms with Crippen molar-refractivity contribution in [1.29, 1.82) is 0 Å². The molecule has 0 spiro atoms. The largest absolute Gasteiger partial charge is 0.465 e. The second-order valence-corrected chi connectivity index (χ2v) is 3.75. The van der Waals surface area contributed by atoms with Crippen molar-refractivity contribution < 1.29 is 19.1 Å². The molecule has 1 aromatic heterocycles. The number of amides is 3. The van der Waals surface area contributed by atoms with Gasteiger partial charge in [-0.05, 0) is 18.2 Å². The van der Waals surface area contributed by atoms with Crippen LogP contribution in [-0.4, -0.2) is 47.2 Å². The Morgan fingerprint density at radius 2 is 2.12 bits per heavy atom. The van der Waals surface area contributed by atoms with E-state index in [1.165, 1.54) is 26.4 Å². The Bertz CT molecular complexity index is 478. The SMILES string of the molecule is CN1C(=O)/C(=C/c2ccco2)C(O)N(C)C1=O. The Kier molecular flexibility index (Phi) is 2.72. The molecule has 17 heavy (non-hydrogen) atoms. The molecule has 3 amide bonds. The van der Waals surface area contributed by atoms with Gasteiger partial charge in [0.05, 0.1) is 11.8 Å². The molecule has 0 radical (unpaired) electrons. The molecule has 90 valence electrons. The summed E-state index contributed by atoms with van der Waals surface area (Å²) in [6, 6.07) is 2.78. The molecular formula is C11H12N2O4. The minimum Gasteiger partial charge on any atom is -0.465 e. The zero-order chi connectivity index (χ0) is 12.6. The molecule has 6 heteroatoms. The Balaban J connectivity index is 2.39. The van der Waals surface area contributed by atoms with Crippen LogP contribution in [0.4, 0.5) is 4.79 Å². The van der Waals surface area contributed by atoms with E-state index in [9.17, 15) is 14.7 Å². The van der Waals surface area contributed by atoms with Gasteiger partial charge in [-0.3, -0.25) is 14.6 Å². The van der Waals surface area contributed by atoms with Crippen LogP contribution in [0, 0.1) is 0 Å². The van der Waals surface area contributed by atoms with Gasteiger partial charge in [-0.2, -0.15) is 0 Å². The van der Waals surface area contributed by atoms with E-state index in [4.69, 9.17) is 4.42 Å². The molecule has 6 nitrogen and oxygen atoms in total. The molecule has 1 aliphatic rings. The van der Waals surface area contributed by atoms with Crippen molar-refractivity contribution in [2.45, 2.75) is 6.23 Å². The predicted octanol–water partition coefficient (Wildman–Crippen LogP) is 0.505. The number of furan rings is 1. The number of hydrogen-bond acceptors (Lipinski definition) is 4. The molecule has 1 saturated heterocycles. The lowest BCUT2D eigenvalue weighted by atomic mass is 10.1. The highest BCUT2D eigenvalue weighted by atomic mass is 16.3. The van der Waals surface area contributed by atoms with E-state index in [0.29, 0.717) is 5.76 Å². The number of aliphatic hydroxyl groups excluding tert-OH is 1. The first-order valence-corrected chi connectivity index (χ1v) is 5.00. The third kappa shape index (κ3) is 1.83. The second-order valence-electron chi connectivity index (χ2n) is 3.75. The molecule has 1 atom stereocenters. The van der Waals surface area contributed by atoms with Crippen molar-refractivity contribution in [2.75, 3.05) is 14.1 Å². The minimum atomic E-state index is -1.25. The molecule has 2 rings (SSSR count). The second kappa shape index (κ2) is 4.06. The van der Waals surface area contributed by atoms with Gasteiger partial charge in [-0.15, -0.1) is 0 Å². The van der Waals surface area contributed by atoms with Crippen LogP contribution in [0.3, 0.4) is 0 Å². The number of carbonyl (C=O) groups is 2. The molecule has 1 aromatic rings. The summed E-state index contributed by atoms with van der Waals surface area (Å²) in [5.41, 5.74) is 0.101. The predicted molar refractivity (Wildman–Crippen MR) is 58.6 cm³/mol. The van der Waals surface area contributed by atoms with E-state index < -0.39 is 18.2 Å². The van der Waals surface area contributed by atoms with Crippen LogP contribution >= 0.6 is 0 Å². The van der Waals surface area contributed by atoms with E-state index in [-0.39, 0.29) is 5.57 Å². The summed E-state index contributed by atoms with van der Waals surface area (Å²) >= 11 is 0.